The van der Waals surface area contributed by atoms with E-state index in [1.165, 1.54) is 5.56 Å². The zero-order valence-electron chi connectivity index (χ0n) is 19.9. The van der Waals surface area contributed by atoms with Crippen LogP contribution in [0.4, 0.5) is 0 Å². The predicted molar refractivity (Wildman–Crippen MR) is 134 cm³/mol. The molecule has 4 heterocycles. The summed E-state index contributed by atoms with van der Waals surface area (Å²) in [6.45, 7) is 6.14. The Hall–Kier alpha value is -2.77. The van der Waals surface area contributed by atoms with Crippen molar-refractivity contribution in [1.29, 1.82) is 0 Å². The Morgan fingerprint density at radius 3 is 2.52 bits per heavy atom. The Balaban J connectivity index is 0.00000126. The van der Waals surface area contributed by atoms with E-state index in [9.17, 15) is 4.79 Å². The van der Waals surface area contributed by atoms with Crippen molar-refractivity contribution in [2.24, 2.45) is 5.73 Å². The topological polar surface area (TPSA) is 69.7 Å². The van der Waals surface area contributed by atoms with Crippen molar-refractivity contribution in [3.05, 3.63) is 47.0 Å². The van der Waals surface area contributed by atoms with Crippen molar-refractivity contribution in [2.45, 2.75) is 45.7 Å². The Morgan fingerprint density at radius 2 is 1.85 bits per heavy atom. The molecule has 3 aromatic rings. The number of fused-ring (bicyclic) bond motifs is 3. The minimum absolute atomic E-state index is 0.0581. The third-order valence-corrected chi connectivity index (χ3v) is 7.22. The third-order valence-electron chi connectivity index (χ3n) is 6.32. The van der Waals surface area contributed by atoms with Gasteiger partial charge in [-0.25, -0.2) is 0 Å². The molecule has 176 valence electrons. The predicted octanol–water partition coefficient (Wildman–Crippen LogP) is 5.05. The molecule has 33 heavy (non-hydrogen) atoms. The molecule has 7 heteroatoms. The molecule has 2 N–H and O–H groups in total. The number of amides is 1. The molecule has 0 unspecified atom stereocenters. The van der Waals surface area contributed by atoms with Crippen molar-refractivity contribution >= 4 is 17.2 Å². The average Bonchev–Trinajstić information content (AvgIpc) is 3.52. The molecule has 0 radical (unpaired) electrons. The summed E-state index contributed by atoms with van der Waals surface area (Å²) < 4.78 is 13.3. The number of likely N-dealkylation sites (tertiary alicyclic amines) is 1. The maximum atomic E-state index is 13.5. The third kappa shape index (κ3) is 4.27. The molecule has 1 fully saturated rings. The molecule has 6 nitrogen and oxygen atoms in total. The first-order chi connectivity index (χ1) is 16.1. The monoisotopic (exact) mass is 467 g/mol. The molecule has 0 spiro atoms. The molecule has 2 aromatic heterocycles. The van der Waals surface area contributed by atoms with E-state index in [4.69, 9.17) is 15.2 Å². The van der Waals surface area contributed by atoms with Gasteiger partial charge in [0.05, 0.1) is 19.9 Å². The number of nitrogens with two attached hydrogens (primary N) is 1. The van der Waals surface area contributed by atoms with Crippen molar-refractivity contribution in [2.75, 3.05) is 27.3 Å². The van der Waals surface area contributed by atoms with Crippen LogP contribution in [0, 0.1) is 0 Å². The molecule has 5 rings (SSSR count). The fourth-order valence-electron chi connectivity index (χ4n) is 4.81. The number of piperidine rings is 1. The van der Waals surface area contributed by atoms with Gasteiger partial charge in [-0.1, -0.05) is 19.9 Å². The van der Waals surface area contributed by atoms with Gasteiger partial charge >= 0.3 is 0 Å². The van der Waals surface area contributed by atoms with Crippen molar-refractivity contribution in [3.63, 3.8) is 0 Å². The van der Waals surface area contributed by atoms with E-state index in [1.54, 1.807) is 25.6 Å². The lowest BCUT2D eigenvalue weighted by Gasteiger charge is -2.31. The van der Waals surface area contributed by atoms with Crippen LogP contribution in [0.3, 0.4) is 0 Å². The highest BCUT2D eigenvalue weighted by atomic mass is 32.1. The Kier molecular flexibility index (Phi) is 7.10. The number of carbonyl (C=O) groups excluding carboxylic acids is 1. The van der Waals surface area contributed by atoms with Crippen LogP contribution in [0.25, 0.3) is 21.7 Å². The molecule has 1 aromatic carbocycles. The molecule has 0 saturated carbocycles. The lowest BCUT2D eigenvalue weighted by atomic mass is 9.95. The maximum Gasteiger partial charge on any atom is 0.270 e. The molecule has 2 aliphatic heterocycles. The molecule has 0 bridgehead atoms. The summed E-state index contributed by atoms with van der Waals surface area (Å²) in [7, 11) is 3.31. The van der Waals surface area contributed by atoms with Gasteiger partial charge in [-0.15, -0.1) is 11.3 Å². The van der Waals surface area contributed by atoms with E-state index >= 15 is 0 Å². The lowest BCUT2D eigenvalue weighted by Crippen LogP contribution is -2.46. The Bertz CT molecular complexity index is 1120. The zero-order chi connectivity index (χ0) is 23.5. The largest absolute Gasteiger partial charge is 0.493 e. The average molecular weight is 468 g/mol. The molecular weight excluding hydrogens is 434 g/mol. The summed E-state index contributed by atoms with van der Waals surface area (Å²) >= 11 is 1.69. The van der Waals surface area contributed by atoms with E-state index in [0.717, 1.165) is 65.5 Å². The van der Waals surface area contributed by atoms with Gasteiger partial charge in [0, 0.05) is 41.7 Å². The van der Waals surface area contributed by atoms with Gasteiger partial charge in [-0.3, -0.25) is 4.79 Å². The molecule has 1 amide bonds. The summed E-state index contributed by atoms with van der Waals surface area (Å²) in [6.07, 6.45) is 2.77. The Labute approximate surface area is 199 Å². The number of hydrogen-bond acceptors (Lipinski definition) is 5. The van der Waals surface area contributed by atoms with E-state index in [1.807, 2.05) is 30.9 Å². The number of ether oxygens (including phenoxy) is 2. The Morgan fingerprint density at radius 1 is 1.09 bits per heavy atom. The minimum Gasteiger partial charge on any atom is -0.493 e. The van der Waals surface area contributed by atoms with E-state index in [2.05, 4.69) is 28.1 Å². The van der Waals surface area contributed by atoms with Crippen molar-refractivity contribution in [3.8, 4) is 33.2 Å². The second-order valence-corrected chi connectivity index (χ2v) is 9.14. The molecular formula is C26H33N3O3S. The highest BCUT2D eigenvalue weighted by Gasteiger charge is 2.31. The quantitative estimate of drug-likeness (QED) is 0.583. The molecule has 2 aliphatic rings. The number of aryl methyl sites for hydroxylation is 1. The van der Waals surface area contributed by atoms with Gasteiger partial charge in [0.15, 0.2) is 11.5 Å². The highest BCUT2D eigenvalue weighted by molar-refractivity contribution is 7.13. The van der Waals surface area contributed by atoms with Crippen molar-refractivity contribution in [1.82, 2.24) is 9.47 Å². The maximum absolute atomic E-state index is 13.5. The summed E-state index contributed by atoms with van der Waals surface area (Å²) in [4.78, 5) is 16.6. The second-order valence-electron chi connectivity index (χ2n) is 8.19. The van der Waals surface area contributed by atoms with Crippen LogP contribution in [0.15, 0.2) is 35.7 Å². The molecule has 1 atom stereocenters. The normalized spacial score (nSPS) is 16.9. The van der Waals surface area contributed by atoms with Gasteiger partial charge in [0.1, 0.15) is 5.69 Å². The number of methoxy groups -OCH3 is 2. The first-order valence-corrected chi connectivity index (χ1v) is 12.6. The number of benzene rings is 1. The van der Waals surface area contributed by atoms with Gasteiger partial charge < -0.3 is 24.7 Å². The fourth-order valence-corrected chi connectivity index (χ4v) is 5.55. The molecule has 1 saturated heterocycles. The number of carbonyl (C=O) groups is 1. The second kappa shape index (κ2) is 10.0. The zero-order valence-corrected chi connectivity index (χ0v) is 20.7. The highest BCUT2D eigenvalue weighted by Crippen LogP contribution is 2.45. The number of rotatable bonds is 4. The van der Waals surface area contributed by atoms with E-state index in [0.29, 0.717) is 12.3 Å². The summed E-state index contributed by atoms with van der Waals surface area (Å²) in [5.74, 6) is 1.50. The van der Waals surface area contributed by atoms with Gasteiger partial charge in [-0.05, 0) is 54.5 Å². The minimum atomic E-state index is 0.0581. The van der Waals surface area contributed by atoms with Crippen molar-refractivity contribution < 1.29 is 14.3 Å². The molecule has 0 aliphatic carbocycles. The standard InChI is InChI=1S/C24H27N3O3S.C2H6/c1-29-20-11-15-7-9-27-19(24(28)26-8-3-5-16(25)14-26)12-18(22-6-4-10-31-22)23(27)17(15)13-21(20)30-2;1-2/h4,6,10-13,16H,3,5,7-9,14,25H2,1-2H3;1-2H3/t16-;/m0./s1. The van der Waals surface area contributed by atoms with Crippen LogP contribution in [0.1, 0.15) is 42.7 Å². The fraction of sp³-hybridized carbons (Fsp3) is 0.423. The number of nitrogens with zero attached hydrogens (tertiary/aromatic N) is 2. The number of thiophene rings is 1. The SMILES string of the molecule is CC.COc1cc2c(cc1OC)-c1c(-c3cccs3)cc(C(=O)N3CCC[C@H](N)C3)n1CC2. The van der Waals surface area contributed by atoms with Gasteiger partial charge in [0.2, 0.25) is 0 Å². The van der Waals surface area contributed by atoms with Gasteiger partial charge in [-0.2, -0.15) is 0 Å². The summed E-state index contributed by atoms with van der Waals surface area (Å²) in [5.41, 5.74) is 11.4. The number of hydrogen-bond donors (Lipinski definition) is 1. The number of aromatic nitrogens is 1. The van der Waals surface area contributed by atoms with E-state index < -0.39 is 0 Å². The van der Waals surface area contributed by atoms with Crippen LogP contribution in [0.2, 0.25) is 0 Å². The lowest BCUT2D eigenvalue weighted by molar-refractivity contribution is 0.0698. The van der Waals surface area contributed by atoms with Crippen LogP contribution < -0.4 is 15.2 Å². The van der Waals surface area contributed by atoms with Crippen LogP contribution in [-0.2, 0) is 13.0 Å². The first-order valence-electron chi connectivity index (χ1n) is 11.7. The van der Waals surface area contributed by atoms with Crippen LogP contribution in [-0.4, -0.2) is 48.7 Å². The van der Waals surface area contributed by atoms with Gasteiger partial charge in [0.25, 0.3) is 5.91 Å². The first kappa shape index (κ1) is 23.4. The van der Waals surface area contributed by atoms with E-state index in [-0.39, 0.29) is 11.9 Å². The summed E-state index contributed by atoms with van der Waals surface area (Å²) in [5, 5.41) is 2.07. The van der Waals surface area contributed by atoms with Crippen LogP contribution in [0.5, 0.6) is 11.5 Å². The summed E-state index contributed by atoms with van der Waals surface area (Å²) in [6, 6.07) is 10.4. The smallest absolute Gasteiger partial charge is 0.270 e. The van der Waals surface area contributed by atoms with Crippen LogP contribution >= 0.6 is 11.3 Å².